The fourth-order valence-corrected chi connectivity index (χ4v) is 1.84. The van der Waals surface area contributed by atoms with Gasteiger partial charge in [-0.1, -0.05) is 11.6 Å². The maximum absolute atomic E-state index is 11.5. The molecule has 1 aliphatic rings. The van der Waals surface area contributed by atoms with Gasteiger partial charge in [0.25, 0.3) is 0 Å². The lowest BCUT2D eigenvalue weighted by Crippen LogP contribution is -2.28. The predicted octanol–water partition coefficient (Wildman–Crippen LogP) is 2.48. The number of hydrogen-bond donors (Lipinski definition) is 2. The molecular formula is C12H11ClN4O2S. The zero-order valence-electron chi connectivity index (χ0n) is 10.5. The van der Waals surface area contributed by atoms with E-state index in [4.69, 9.17) is 23.8 Å². The van der Waals surface area contributed by atoms with Gasteiger partial charge in [-0.05, 0) is 36.5 Å². The van der Waals surface area contributed by atoms with Crippen molar-refractivity contribution in [1.82, 2.24) is 5.32 Å². The second-order valence-corrected chi connectivity index (χ2v) is 4.65. The molecule has 1 aliphatic heterocycles. The lowest BCUT2D eigenvalue weighted by atomic mass is 10.3. The molecule has 0 spiro atoms. The van der Waals surface area contributed by atoms with Crippen molar-refractivity contribution >= 4 is 40.6 Å². The predicted molar refractivity (Wildman–Crippen MR) is 79.6 cm³/mol. The highest BCUT2D eigenvalue weighted by Crippen LogP contribution is 2.16. The van der Waals surface area contributed by atoms with Crippen LogP contribution in [0.1, 0.15) is 0 Å². The number of benzene rings is 1. The summed E-state index contributed by atoms with van der Waals surface area (Å²) in [4.78, 5) is 11.5. The van der Waals surface area contributed by atoms with Gasteiger partial charge in [0.1, 0.15) is 5.57 Å². The maximum Gasteiger partial charge on any atom is 0.339 e. The highest BCUT2D eigenvalue weighted by Gasteiger charge is 2.21. The van der Waals surface area contributed by atoms with Crippen LogP contribution in [0.3, 0.4) is 0 Å². The SMILES string of the molecule is COC(=O)C1=C(NC(=S)Nc2ccc(Cl)cc2)N=NC1. The second-order valence-electron chi connectivity index (χ2n) is 3.80. The van der Waals surface area contributed by atoms with Crippen LogP contribution in [-0.2, 0) is 9.53 Å². The van der Waals surface area contributed by atoms with Crippen LogP contribution < -0.4 is 10.6 Å². The number of esters is 1. The molecule has 2 N–H and O–H groups in total. The van der Waals surface area contributed by atoms with Crippen molar-refractivity contribution in [3.8, 4) is 0 Å². The summed E-state index contributed by atoms with van der Waals surface area (Å²) in [5, 5.41) is 14.3. The normalized spacial score (nSPS) is 13.3. The highest BCUT2D eigenvalue weighted by atomic mass is 35.5. The molecular weight excluding hydrogens is 300 g/mol. The minimum atomic E-state index is -0.480. The van der Waals surface area contributed by atoms with Crippen LogP contribution in [-0.4, -0.2) is 24.7 Å². The highest BCUT2D eigenvalue weighted by molar-refractivity contribution is 7.80. The van der Waals surface area contributed by atoms with Gasteiger partial charge in [-0.3, -0.25) is 0 Å². The van der Waals surface area contributed by atoms with E-state index >= 15 is 0 Å². The van der Waals surface area contributed by atoms with Crippen LogP contribution in [0.5, 0.6) is 0 Å². The van der Waals surface area contributed by atoms with Crippen molar-refractivity contribution in [3.63, 3.8) is 0 Å². The molecule has 0 fully saturated rings. The molecule has 0 unspecified atom stereocenters. The first kappa shape index (κ1) is 14.4. The molecule has 0 aromatic heterocycles. The van der Waals surface area contributed by atoms with Gasteiger partial charge in [0, 0.05) is 10.7 Å². The smallest absolute Gasteiger partial charge is 0.339 e. The molecule has 1 aromatic carbocycles. The lowest BCUT2D eigenvalue weighted by molar-refractivity contribution is -0.136. The summed E-state index contributed by atoms with van der Waals surface area (Å²) in [6.45, 7) is 0.179. The Morgan fingerprint density at radius 1 is 1.35 bits per heavy atom. The van der Waals surface area contributed by atoms with Crippen molar-refractivity contribution in [2.24, 2.45) is 10.2 Å². The number of nitrogens with zero attached hydrogens (tertiary/aromatic N) is 2. The molecule has 104 valence electrons. The first-order valence-electron chi connectivity index (χ1n) is 5.62. The molecule has 20 heavy (non-hydrogen) atoms. The lowest BCUT2D eigenvalue weighted by Gasteiger charge is -2.10. The molecule has 2 rings (SSSR count). The molecule has 8 heteroatoms. The van der Waals surface area contributed by atoms with Gasteiger partial charge in [-0.15, -0.1) is 5.11 Å². The van der Waals surface area contributed by atoms with E-state index in [0.717, 1.165) is 5.69 Å². The molecule has 1 heterocycles. The van der Waals surface area contributed by atoms with Crippen molar-refractivity contribution in [1.29, 1.82) is 0 Å². The number of halogens is 1. The maximum atomic E-state index is 11.5. The van der Waals surface area contributed by atoms with E-state index in [-0.39, 0.29) is 6.54 Å². The van der Waals surface area contributed by atoms with E-state index in [1.807, 2.05) is 0 Å². The summed E-state index contributed by atoms with van der Waals surface area (Å²) in [5.74, 6) is -0.185. The van der Waals surface area contributed by atoms with E-state index in [2.05, 4.69) is 25.6 Å². The average Bonchev–Trinajstić information content (AvgIpc) is 2.88. The second kappa shape index (κ2) is 6.44. The Bertz CT molecular complexity index is 598. The third-order valence-electron chi connectivity index (χ3n) is 2.45. The Labute approximate surface area is 125 Å². The molecule has 0 amide bonds. The molecule has 0 bridgehead atoms. The third-order valence-corrected chi connectivity index (χ3v) is 2.91. The van der Waals surface area contributed by atoms with Gasteiger partial charge in [-0.25, -0.2) is 4.79 Å². The number of methoxy groups -OCH3 is 1. The fourth-order valence-electron chi connectivity index (χ4n) is 1.50. The van der Waals surface area contributed by atoms with Crippen LogP contribution in [0.25, 0.3) is 0 Å². The van der Waals surface area contributed by atoms with Gasteiger partial charge in [0.05, 0.1) is 13.7 Å². The average molecular weight is 311 g/mol. The zero-order valence-corrected chi connectivity index (χ0v) is 12.1. The van der Waals surface area contributed by atoms with Crippen LogP contribution in [0, 0.1) is 0 Å². The Balaban J connectivity index is 2.02. The zero-order chi connectivity index (χ0) is 14.5. The van der Waals surface area contributed by atoms with E-state index in [1.54, 1.807) is 24.3 Å². The Kier molecular flexibility index (Phi) is 4.65. The number of rotatable bonds is 3. The Hall–Kier alpha value is -1.99. The first-order chi connectivity index (χ1) is 9.60. The minimum absolute atomic E-state index is 0.179. The quantitative estimate of drug-likeness (QED) is 0.662. The third kappa shape index (κ3) is 3.52. The molecule has 0 atom stereocenters. The largest absolute Gasteiger partial charge is 0.466 e. The standard InChI is InChI=1S/C12H11ClN4O2S/c1-19-11(18)9-6-14-17-10(9)16-12(20)15-8-4-2-7(13)3-5-8/h2-5H,6H2,1H3,(H2,15,16,20). The van der Waals surface area contributed by atoms with Gasteiger partial charge < -0.3 is 15.4 Å². The molecule has 0 aliphatic carbocycles. The van der Waals surface area contributed by atoms with Gasteiger partial charge in [0.2, 0.25) is 0 Å². The van der Waals surface area contributed by atoms with Crippen LogP contribution >= 0.6 is 23.8 Å². The monoisotopic (exact) mass is 310 g/mol. The molecule has 1 aromatic rings. The Morgan fingerprint density at radius 2 is 2.05 bits per heavy atom. The number of hydrogen-bond acceptors (Lipinski definition) is 5. The summed E-state index contributed by atoms with van der Waals surface area (Å²) in [7, 11) is 1.30. The van der Waals surface area contributed by atoms with Crippen molar-refractivity contribution < 1.29 is 9.53 Å². The van der Waals surface area contributed by atoms with Crippen LogP contribution in [0.15, 0.2) is 45.9 Å². The van der Waals surface area contributed by atoms with Crippen LogP contribution in [0.4, 0.5) is 5.69 Å². The summed E-state index contributed by atoms with van der Waals surface area (Å²) in [6.07, 6.45) is 0. The topological polar surface area (TPSA) is 75.1 Å². The first-order valence-corrected chi connectivity index (χ1v) is 6.41. The van der Waals surface area contributed by atoms with E-state index < -0.39 is 5.97 Å². The van der Waals surface area contributed by atoms with Crippen molar-refractivity contribution in [3.05, 3.63) is 40.7 Å². The van der Waals surface area contributed by atoms with E-state index in [0.29, 0.717) is 21.5 Å². The molecule has 0 saturated heterocycles. The van der Waals surface area contributed by atoms with Crippen LogP contribution in [0.2, 0.25) is 5.02 Å². The molecule has 6 nitrogen and oxygen atoms in total. The number of thiocarbonyl (C=S) groups is 1. The van der Waals surface area contributed by atoms with Gasteiger partial charge in [-0.2, -0.15) is 5.11 Å². The van der Waals surface area contributed by atoms with E-state index in [1.165, 1.54) is 7.11 Å². The summed E-state index contributed by atoms with van der Waals surface area (Å²) >= 11 is 10.9. The Morgan fingerprint density at radius 3 is 2.70 bits per heavy atom. The van der Waals surface area contributed by atoms with Crippen molar-refractivity contribution in [2.45, 2.75) is 0 Å². The molecule has 0 saturated carbocycles. The summed E-state index contributed by atoms with van der Waals surface area (Å²) in [6, 6.07) is 7.03. The number of carbonyl (C=O) groups excluding carboxylic acids is 1. The summed E-state index contributed by atoms with van der Waals surface area (Å²) < 4.78 is 4.64. The van der Waals surface area contributed by atoms with Gasteiger partial charge in [0.15, 0.2) is 10.9 Å². The van der Waals surface area contributed by atoms with E-state index in [9.17, 15) is 4.79 Å². The number of anilines is 1. The number of azo groups is 1. The minimum Gasteiger partial charge on any atom is -0.466 e. The van der Waals surface area contributed by atoms with Crippen molar-refractivity contribution in [2.75, 3.05) is 19.0 Å². The number of carbonyl (C=O) groups is 1. The van der Waals surface area contributed by atoms with Gasteiger partial charge >= 0.3 is 5.97 Å². The number of ether oxygens (including phenoxy) is 1. The number of nitrogens with one attached hydrogen (secondary N) is 2. The fraction of sp³-hybridized carbons (Fsp3) is 0.167. The molecule has 0 radical (unpaired) electrons. The summed E-state index contributed by atoms with van der Waals surface area (Å²) in [5.41, 5.74) is 1.11.